The van der Waals surface area contributed by atoms with Crippen molar-refractivity contribution >= 4 is 5.97 Å². The second kappa shape index (κ2) is 9.04. The average Bonchev–Trinajstić information content (AvgIpc) is 3.02. The number of carbonyl (C=O) groups is 1. The molecule has 1 spiro atoms. The number of hydrogen-bond donors (Lipinski definition) is 9. The number of ether oxygens (including phenoxy) is 2. The number of hydrogen-bond acceptors (Lipinski definition) is 11. The Kier molecular flexibility index (Phi) is 6.80. The molecule has 0 radical (unpaired) electrons. The number of carboxylic acids is 1. The summed E-state index contributed by atoms with van der Waals surface area (Å²) in [5.74, 6) is -2.00. The zero-order valence-corrected chi connectivity index (χ0v) is 21.8. The minimum Gasteiger partial charge on any atom is -0.481 e. The van der Waals surface area contributed by atoms with Crippen molar-refractivity contribution in [3.8, 4) is 0 Å². The van der Waals surface area contributed by atoms with Crippen molar-refractivity contribution in [1.82, 2.24) is 0 Å². The molecule has 1 heterocycles. The summed E-state index contributed by atoms with van der Waals surface area (Å²) in [5.41, 5.74) is -6.62. The first-order chi connectivity index (χ1) is 17.6. The predicted octanol–water partition coefficient (Wildman–Crippen LogP) is -1.91. The Hall–Kier alpha value is -0.930. The van der Waals surface area contributed by atoms with E-state index >= 15 is 0 Å². The van der Waals surface area contributed by atoms with Crippen LogP contribution < -0.4 is 0 Å². The van der Waals surface area contributed by atoms with Crippen LogP contribution in [0.2, 0.25) is 0 Å². The normalized spacial score (nSPS) is 58.2. The smallest absolute Gasteiger partial charge is 0.309 e. The van der Waals surface area contributed by atoms with Crippen LogP contribution in [0.1, 0.15) is 58.8 Å². The molecule has 4 saturated carbocycles. The van der Waals surface area contributed by atoms with E-state index in [9.17, 15) is 50.8 Å². The van der Waals surface area contributed by atoms with E-state index in [1.165, 1.54) is 0 Å². The van der Waals surface area contributed by atoms with Gasteiger partial charge in [-0.1, -0.05) is 13.3 Å². The standard InChI is InChI=1S/C26H42O12/c1-22-5-3-6-23(2,21(33)34)18(22)17(31)19(32)24-9-25(35,7-4-13(22)24)26(36,10-24)11-37-20-16(30)15(29)14(28)12(8-27)38-20/h12-20,27-32,35-36H,3-11H2,1-2H3,(H,33,34)/t12-,13+,14-,15+,16-,17+,18+,19+,20-,22+,23-,24-,25+,26+/m1/s1. The molecule has 5 rings (SSSR count). The Labute approximate surface area is 220 Å². The van der Waals surface area contributed by atoms with Gasteiger partial charge < -0.3 is 55.4 Å². The number of aliphatic hydroxyl groups excluding tert-OH is 6. The molecule has 0 unspecified atom stereocenters. The molecule has 0 aromatic rings. The molecule has 0 aromatic heterocycles. The molecule has 5 fully saturated rings. The molecule has 1 aliphatic heterocycles. The minimum atomic E-state index is -1.92. The number of carboxylic acid groups (broad SMARTS) is 1. The molecule has 5 aliphatic rings. The Bertz CT molecular complexity index is 947. The highest BCUT2D eigenvalue weighted by Gasteiger charge is 2.77. The average molecular weight is 547 g/mol. The lowest BCUT2D eigenvalue weighted by Gasteiger charge is -2.66. The Morgan fingerprint density at radius 2 is 1.63 bits per heavy atom. The van der Waals surface area contributed by atoms with Gasteiger partial charge in [-0.05, 0) is 56.8 Å². The maximum absolute atomic E-state index is 12.4. The summed E-state index contributed by atoms with van der Waals surface area (Å²) < 4.78 is 11.0. The summed E-state index contributed by atoms with van der Waals surface area (Å²) in [6.45, 7) is 2.40. The third-order valence-electron chi connectivity index (χ3n) is 11.3. The first kappa shape index (κ1) is 28.6. The van der Waals surface area contributed by atoms with E-state index in [4.69, 9.17) is 9.47 Å². The highest BCUT2D eigenvalue weighted by molar-refractivity contribution is 5.75. The summed E-state index contributed by atoms with van der Waals surface area (Å²) in [5, 5.41) is 96.6. The van der Waals surface area contributed by atoms with Crippen LogP contribution in [0.15, 0.2) is 0 Å². The number of aliphatic hydroxyl groups is 8. The molecular formula is C26H42O12. The quantitative estimate of drug-likeness (QED) is 0.184. The highest BCUT2D eigenvalue weighted by Crippen LogP contribution is 2.73. The van der Waals surface area contributed by atoms with Crippen LogP contribution in [0.4, 0.5) is 0 Å². The molecule has 12 nitrogen and oxygen atoms in total. The van der Waals surface area contributed by atoms with Crippen molar-refractivity contribution in [1.29, 1.82) is 0 Å². The fraction of sp³-hybridized carbons (Fsp3) is 0.962. The molecule has 0 aromatic carbocycles. The van der Waals surface area contributed by atoms with E-state index in [0.717, 1.165) is 0 Å². The van der Waals surface area contributed by atoms with E-state index in [1.807, 2.05) is 6.92 Å². The van der Waals surface area contributed by atoms with Gasteiger partial charge in [0, 0.05) is 11.3 Å². The van der Waals surface area contributed by atoms with Crippen molar-refractivity contribution in [2.24, 2.45) is 28.1 Å². The summed E-state index contributed by atoms with van der Waals surface area (Å²) in [7, 11) is 0. The number of rotatable bonds is 5. The number of aliphatic carboxylic acids is 1. The SMILES string of the molecule is C[C@@]12CCC[C@@](C)(C(=O)O)[C@H]1[C@H](O)[C@H](O)[C@]13C[C@](O)(CO[C@@H]4O[C@H](CO)[C@@H](O)[C@H](O)[C@H]4O)[C@](O)(CC[C@@H]21)C3. The van der Waals surface area contributed by atoms with Crippen LogP contribution in [0.25, 0.3) is 0 Å². The lowest BCUT2D eigenvalue weighted by atomic mass is 9.39. The topological polar surface area (TPSA) is 218 Å². The maximum Gasteiger partial charge on any atom is 0.309 e. The van der Waals surface area contributed by atoms with Crippen LogP contribution in [0, 0.1) is 28.1 Å². The van der Waals surface area contributed by atoms with Gasteiger partial charge in [-0.3, -0.25) is 4.79 Å². The van der Waals surface area contributed by atoms with E-state index < -0.39 is 95.5 Å². The molecule has 0 amide bonds. The molecule has 14 atom stereocenters. The van der Waals surface area contributed by atoms with Crippen molar-refractivity contribution in [3.63, 3.8) is 0 Å². The Balaban J connectivity index is 1.44. The zero-order valence-electron chi connectivity index (χ0n) is 21.8. The largest absolute Gasteiger partial charge is 0.481 e. The summed E-state index contributed by atoms with van der Waals surface area (Å²) >= 11 is 0. The molecule has 2 bridgehead atoms. The lowest BCUT2D eigenvalue weighted by molar-refractivity contribution is -0.314. The van der Waals surface area contributed by atoms with Gasteiger partial charge in [0.1, 0.15) is 30.0 Å². The fourth-order valence-corrected chi connectivity index (χ4v) is 9.53. The van der Waals surface area contributed by atoms with Crippen molar-refractivity contribution in [2.45, 2.75) is 113 Å². The van der Waals surface area contributed by atoms with Crippen LogP contribution in [-0.2, 0) is 14.3 Å². The molecule has 1 saturated heterocycles. The highest BCUT2D eigenvalue weighted by atomic mass is 16.7. The van der Waals surface area contributed by atoms with Gasteiger partial charge in [-0.25, -0.2) is 0 Å². The lowest BCUT2D eigenvalue weighted by Crippen LogP contribution is -2.69. The monoisotopic (exact) mass is 546 g/mol. The van der Waals surface area contributed by atoms with Crippen LogP contribution in [-0.4, -0.2) is 119 Å². The maximum atomic E-state index is 12.4. The second-order valence-electron chi connectivity index (χ2n) is 13.2. The molecule has 4 aliphatic carbocycles. The van der Waals surface area contributed by atoms with E-state index in [1.54, 1.807) is 6.92 Å². The van der Waals surface area contributed by atoms with E-state index in [-0.39, 0.29) is 25.2 Å². The van der Waals surface area contributed by atoms with Gasteiger partial charge in [0.25, 0.3) is 0 Å². The summed E-state index contributed by atoms with van der Waals surface area (Å²) in [6.07, 6.45) is -8.35. The van der Waals surface area contributed by atoms with Crippen LogP contribution in [0.3, 0.4) is 0 Å². The van der Waals surface area contributed by atoms with Crippen molar-refractivity contribution in [3.05, 3.63) is 0 Å². The van der Waals surface area contributed by atoms with Crippen LogP contribution >= 0.6 is 0 Å². The second-order valence-corrected chi connectivity index (χ2v) is 13.2. The molecule has 9 N–H and O–H groups in total. The Morgan fingerprint density at radius 3 is 2.26 bits per heavy atom. The molecule has 218 valence electrons. The Morgan fingerprint density at radius 1 is 0.947 bits per heavy atom. The third kappa shape index (κ3) is 3.62. The molecular weight excluding hydrogens is 504 g/mol. The first-order valence-corrected chi connectivity index (χ1v) is 13.6. The van der Waals surface area contributed by atoms with E-state index in [2.05, 4.69) is 0 Å². The zero-order chi connectivity index (χ0) is 28.1. The fourth-order valence-electron chi connectivity index (χ4n) is 9.53. The summed E-state index contributed by atoms with van der Waals surface area (Å²) in [4.78, 5) is 12.4. The molecule has 12 heteroatoms. The van der Waals surface area contributed by atoms with Gasteiger partial charge in [0.2, 0.25) is 0 Å². The minimum absolute atomic E-state index is 0.0243. The molecule has 38 heavy (non-hydrogen) atoms. The van der Waals surface area contributed by atoms with Crippen molar-refractivity contribution in [2.75, 3.05) is 13.2 Å². The van der Waals surface area contributed by atoms with Gasteiger partial charge in [0.05, 0.1) is 36.4 Å². The first-order valence-electron chi connectivity index (χ1n) is 13.6. The van der Waals surface area contributed by atoms with E-state index in [0.29, 0.717) is 25.7 Å². The number of fused-ring (bicyclic) bond motifs is 3. The third-order valence-corrected chi connectivity index (χ3v) is 11.3. The predicted molar refractivity (Wildman–Crippen MR) is 127 cm³/mol. The van der Waals surface area contributed by atoms with Gasteiger partial charge in [-0.15, -0.1) is 0 Å². The van der Waals surface area contributed by atoms with Crippen molar-refractivity contribution < 1.29 is 60.2 Å². The van der Waals surface area contributed by atoms with Gasteiger partial charge in [-0.2, -0.15) is 0 Å². The summed E-state index contributed by atoms with van der Waals surface area (Å²) in [6, 6.07) is 0. The van der Waals surface area contributed by atoms with Gasteiger partial charge in [0.15, 0.2) is 6.29 Å². The van der Waals surface area contributed by atoms with Crippen LogP contribution in [0.5, 0.6) is 0 Å². The van der Waals surface area contributed by atoms with Gasteiger partial charge >= 0.3 is 5.97 Å².